The normalized spacial score (nSPS) is 10.8. The Labute approximate surface area is 92.8 Å². The molecule has 0 saturated heterocycles. The van der Waals surface area contributed by atoms with Crippen LogP contribution in [-0.2, 0) is 6.61 Å². The Bertz CT molecular complexity index is 581. The molecule has 0 aliphatic heterocycles. The molecule has 0 aliphatic carbocycles. The lowest BCUT2D eigenvalue weighted by Gasteiger charge is -2.05. The Hall–Kier alpha value is -2.16. The molecule has 3 heteroatoms. The Balaban J connectivity index is 1.84. The van der Waals surface area contributed by atoms with Gasteiger partial charge in [0, 0.05) is 5.39 Å². The van der Waals surface area contributed by atoms with Crippen molar-refractivity contribution >= 4 is 10.9 Å². The van der Waals surface area contributed by atoms with Gasteiger partial charge < -0.3 is 9.25 Å². The first-order valence-electron chi connectivity index (χ1n) is 5.07. The van der Waals surface area contributed by atoms with Gasteiger partial charge in [0.2, 0.25) is 0 Å². The van der Waals surface area contributed by atoms with Crippen LogP contribution in [0, 0.1) is 6.20 Å². The minimum Gasteiger partial charge on any atom is -0.466 e. The van der Waals surface area contributed by atoms with E-state index in [9.17, 15) is 0 Å². The zero-order chi connectivity index (χ0) is 10.8. The maximum Gasteiger partial charge on any atom is 0.172 e. The van der Waals surface area contributed by atoms with Crippen molar-refractivity contribution in [3.05, 3.63) is 60.7 Å². The van der Waals surface area contributed by atoms with Crippen molar-refractivity contribution < 1.29 is 9.25 Å². The van der Waals surface area contributed by atoms with E-state index in [0.717, 1.165) is 16.7 Å². The van der Waals surface area contributed by atoms with Gasteiger partial charge in [-0.25, -0.2) is 0 Å². The highest BCUT2D eigenvalue weighted by Gasteiger charge is 2.02. The van der Waals surface area contributed by atoms with Crippen molar-refractivity contribution in [2.75, 3.05) is 0 Å². The van der Waals surface area contributed by atoms with Crippen LogP contribution in [0.5, 0.6) is 0 Å². The molecule has 3 aromatic rings. The molecule has 0 bridgehead atoms. The Morgan fingerprint density at radius 2 is 2.12 bits per heavy atom. The molecular weight excluding hydrogens is 202 g/mol. The smallest absolute Gasteiger partial charge is 0.172 e. The lowest BCUT2D eigenvalue weighted by Crippen LogP contribution is -2.09. The van der Waals surface area contributed by atoms with E-state index in [0.29, 0.717) is 6.61 Å². The number of hydrogen-bond acceptors (Lipinski definition) is 2. The second-order valence-electron chi connectivity index (χ2n) is 3.48. The number of hydrogen-bond donors (Lipinski definition) is 0. The maximum absolute atomic E-state index is 5.57. The van der Waals surface area contributed by atoms with Crippen LogP contribution in [0.4, 0.5) is 0 Å². The van der Waals surface area contributed by atoms with Crippen LogP contribution < -0.4 is 4.84 Å². The standard InChI is InChI=1S/C13H10NO2/c1-2-6-13-11(4-1)7-8-14(13)16-10-12-5-3-9-15-12/h1-7,9H,10H2. The number of nitrogens with zero attached hydrogens (tertiary/aromatic N) is 1. The summed E-state index contributed by atoms with van der Waals surface area (Å²) in [6.07, 6.45) is 4.66. The first-order valence-corrected chi connectivity index (χ1v) is 5.07. The van der Waals surface area contributed by atoms with Crippen molar-refractivity contribution in [1.82, 2.24) is 4.73 Å². The van der Waals surface area contributed by atoms with Gasteiger partial charge in [-0.2, -0.15) is 4.73 Å². The molecule has 0 aliphatic rings. The van der Waals surface area contributed by atoms with E-state index in [-0.39, 0.29) is 0 Å². The summed E-state index contributed by atoms with van der Waals surface area (Å²) in [6, 6.07) is 13.6. The summed E-state index contributed by atoms with van der Waals surface area (Å²) in [4.78, 5) is 5.57. The molecule has 16 heavy (non-hydrogen) atoms. The third-order valence-electron chi connectivity index (χ3n) is 2.41. The first kappa shape index (κ1) is 9.09. The summed E-state index contributed by atoms with van der Waals surface area (Å²) in [7, 11) is 0. The highest BCUT2D eigenvalue weighted by atomic mass is 16.7. The molecule has 0 spiro atoms. The van der Waals surface area contributed by atoms with Crippen LogP contribution in [0.1, 0.15) is 5.76 Å². The Kier molecular flexibility index (Phi) is 2.14. The summed E-state index contributed by atoms with van der Waals surface area (Å²) < 4.78 is 6.83. The fourth-order valence-corrected chi connectivity index (χ4v) is 1.62. The van der Waals surface area contributed by atoms with E-state index in [1.165, 1.54) is 0 Å². The quantitative estimate of drug-likeness (QED) is 0.667. The van der Waals surface area contributed by atoms with E-state index in [4.69, 9.17) is 9.25 Å². The van der Waals surface area contributed by atoms with Gasteiger partial charge in [-0.15, -0.1) is 0 Å². The fourth-order valence-electron chi connectivity index (χ4n) is 1.62. The summed E-state index contributed by atoms with van der Waals surface area (Å²) in [5, 5.41) is 1.11. The van der Waals surface area contributed by atoms with E-state index >= 15 is 0 Å². The molecule has 0 atom stereocenters. The van der Waals surface area contributed by atoms with Crippen LogP contribution in [0.3, 0.4) is 0 Å². The summed E-state index contributed by atoms with van der Waals surface area (Å²) in [5.41, 5.74) is 1.01. The predicted molar refractivity (Wildman–Crippen MR) is 59.8 cm³/mol. The van der Waals surface area contributed by atoms with Gasteiger partial charge in [-0.05, 0) is 24.3 Å². The second-order valence-corrected chi connectivity index (χ2v) is 3.48. The third kappa shape index (κ3) is 1.56. The van der Waals surface area contributed by atoms with Gasteiger partial charge in [-0.3, -0.25) is 0 Å². The molecule has 3 rings (SSSR count). The summed E-state index contributed by atoms with van der Waals surface area (Å²) in [5.74, 6) is 0.797. The lowest BCUT2D eigenvalue weighted by atomic mass is 10.3. The van der Waals surface area contributed by atoms with Gasteiger partial charge in [0.05, 0.1) is 11.8 Å². The van der Waals surface area contributed by atoms with Gasteiger partial charge >= 0.3 is 0 Å². The van der Waals surface area contributed by atoms with Crippen molar-refractivity contribution in [2.45, 2.75) is 6.61 Å². The van der Waals surface area contributed by atoms with Crippen LogP contribution in [0.25, 0.3) is 10.9 Å². The number of furan rings is 1. The maximum atomic E-state index is 5.57. The molecule has 0 saturated carbocycles. The highest BCUT2D eigenvalue weighted by Crippen LogP contribution is 2.13. The fraction of sp³-hybridized carbons (Fsp3) is 0.0769. The average Bonchev–Trinajstić information content (AvgIpc) is 2.96. The Morgan fingerprint density at radius 1 is 1.19 bits per heavy atom. The molecular formula is C13H10NO2. The number of benzene rings is 1. The van der Waals surface area contributed by atoms with E-state index in [1.54, 1.807) is 11.0 Å². The van der Waals surface area contributed by atoms with E-state index < -0.39 is 0 Å². The third-order valence-corrected chi connectivity index (χ3v) is 2.41. The topological polar surface area (TPSA) is 27.3 Å². The molecule has 0 unspecified atom stereocenters. The highest BCUT2D eigenvalue weighted by molar-refractivity contribution is 5.79. The number of para-hydroxylation sites is 1. The summed E-state index contributed by atoms with van der Waals surface area (Å²) >= 11 is 0. The van der Waals surface area contributed by atoms with E-state index in [1.807, 2.05) is 42.5 Å². The minimum absolute atomic E-state index is 0.405. The lowest BCUT2D eigenvalue weighted by molar-refractivity contribution is 0.0927. The van der Waals surface area contributed by atoms with Crippen molar-refractivity contribution in [1.29, 1.82) is 0 Å². The zero-order valence-electron chi connectivity index (χ0n) is 8.59. The number of rotatable bonds is 3. The molecule has 0 amide bonds. The van der Waals surface area contributed by atoms with Crippen molar-refractivity contribution in [3.63, 3.8) is 0 Å². The second kappa shape index (κ2) is 3.77. The van der Waals surface area contributed by atoms with Crippen LogP contribution >= 0.6 is 0 Å². The van der Waals surface area contributed by atoms with Gasteiger partial charge in [-0.1, -0.05) is 18.2 Å². The zero-order valence-corrected chi connectivity index (χ0v) is 8.59. The van der Waals surface area contributed by atoms with Gasteiger partial charge in [0.1, 0.15) is 12.0 Å². The van der Waals surface area contributed by atoms with Gasteiger partial charge in [0.15, 0.2) is 6.61 Å². The monoisotopic (exact) mass is 212 g/mol. The molecule has 3 nitrogen and oxygen atoms in total. The minimum atomic E-state index is 0.405. The largest absolute Gasteiger partial charge is 0.466 e. The van der Waals surface area contributed by atoms with E-state index in [2.05, 4.69) is 6.20 Å². The van der Waals surface area contributed by atoms with Crippen LogP contribution in [0.15, 0.2) is 53.1 Å². The van der Waals surface area contributed by atoms with Crippen LogP contribution in [0.2, 0.25) is 0 Å². The molecule has 2 heterocycles. The molecule has 79 valence electrons. The molecule has 2 aromatic heterocycles. The molecule has 0 N–H and O–H groups in total. The van der Waals surface area contributed by atoms with Crippen molar-refractivity contribution in [2.24, 2.45) is 0 Å². The predicted octanol–water partition coefficient (Wildman–Crippen LogP) is 2.66. The molecule has 0 fully saturated rings. The van der Waals surface area contributed by atoms with Crippen LogP contribution in [-0.4, -0.2) is 4.73 Å². The average molecular weight is 212 g/mol. The number of aromatic nitrogens is 1. The van der Waals surface area contributed by atoms with Gasteiger partial charge in [0.25, 0.3) is 0 Å². The molecule has 1 aromatic carbocycles. The molecule has 1 radical (unpaired) electrons. The summed E-state index contributed by atoms with van der Waals surface area (Å²) in [6.45, 7) is 0.405. The Morgan fingerprint density at radius 3 is 3.00 bits per heavy atom. The number of fused-ring (bicyclic) bond motifs is 1. The first-order chi connectivity index (χ1) is 7.93. The SMILES string of the molecule is [c]1cc2ccccc2n1OCc1ccco1. The van der Waals surface area contributed by atoms with Crippen molar-refractivity contribution in [3.8, 4) is 0 Å².